The summed E-state index contributed by atoms with van der Waals surface area (Å²) >= 11 is 10.1. The summed E-state index contributed by atoms with van der Waals surface area (Å²) in [6.45, 7) is 1.53. The highest BCUT2D eigenvalue weighted by atomic mass is 79.9. The molecule has 1 atom stereocenters. The maximum absolute atomic E-state index is 11.9. The second-order valence-electron chi connectivity index (χ2n) is 3.50. The molecule has 90 valence electrons. The van der Waals surface area contributed by atoms with E-state index in [-0.39, 0.29) is 10.3 Å². The van der Waals surface area contributed by atoms with Crippen LogP contribution in [0.25, 0.3) is 0 Å². The fourth-order valence-electron chi connectivity index (χ4n) is 1.49. The molecule has 0 aromatic carbocycles. The van der Waals surface area contributed by atoms with Gasteiger partial charge in [0.15, 0.2) is 0 Å². The first-order valence-corrected chi connectivity index (χ1v) is 8.14. The van der Waals surface area contributed by atoms with E-state index in [0.29, 0.717) is 15.4 Å². The summed E-state index contributed by atoms with van der Waals surface area (Å²) in [7, 11) is -3.43. The zero-order valence-corrected chi connectivity index (χ0v) is 12.1. The summed E-state index contributed by atoms with van der Waals surface area (Å²) in [4.78, 5) is 0. The standard InChI is InChI=1S/C8H10BrClN2O2S2/c9-8-6(10)3-7(15-8)16(13,14)12-5-1-2-11-4-5/h3,5,11-12H,1-2,4H2/t5-/m1/s1. The normalized spacial score (nSPS) is 21.5. The SMILES string of the molecule is O=S(=O)(N[C@@H]1CCNC1)c1cc(Cl)c(Br)s1. The highest BCUT2D eigenvalue weighted by Gasteiger charge is 2.24. The van der Waals surface area contributed by atoms with Crippen molar-refractivity contribution in [3.8, 4) is 0 Å². The third-order valence-electron chi connectivity index (χ3n) is 2.27. The lowest BCUT2D eigenvalue weighted by Gasteiger charge is -2.10. The minimum absolute atomic E-state index is 0.0235. The van der Waals surface area contributed by atoms with Crippen LogP contribution in [-0.2, 0) is 10.0 Å². The summed E-state index contributed by atoms with van der Waals surface area (Å²) in [5.41, 5.74) is 0. The van der Waals surface area contributed by atoms with Crippen molar-refractivity contribution in [2.45, 2.75) is 16.7 Å². The number of hydrogen-bond donors (Lipinski definition) is 2. The van der Waals surface area contributed by atoms with Crippen molar-refractivity contribution in [2.75, 3.05) is 13.1 Å². The molecule has 0 saturated carbocycles. The van der Waals surface area contributed by atoms with Crippen LogP contribution in [0.15, 0.2) is 14.1 Å². The van der Waals surface area contributed by atoms with Crippen molar-refractivity contribution in [1.82, 2.24) is 10.0 Å². The molecule has 0 unspecified atom stereocenters. The Hall–Kier alpha value is 0.340. The molecule has 4 nitrogen and oxygen atoms in total. The van der Waals surface area contributed by atoms with E-state index in [0.717, 1.165) is 24.3 Å². The molecule has 0 bridgehead atoms. The van der Waals surface area contributed by atoms with Crippen molar-refractivity contribution in [2.24, 2.45) is 0 Å². The van der Waals surface area contributed by atoms with E-state index in [4.69, 9.17) is 11.6 Å². The molecule has 1 aliphatic rings. The third kappa shape index (κ3) is 2.77. The van der Waals surface area contributed by atoms with Crippen LogP contribution in [-0.4, -0.2) is 27.5 Å². The van der Waals surface area contributed by atoms with Gasteiger partial charge in [-0.2, -0.15) is 0 Å². The lowest BCUT2D eigenvalue weighted by atomic mass is 10.3. The first-order valence-electron chi connectivity index (χ1n) is 4.67. The van der Waals surface area contributed by atoms with Crippen LogP contribution >= 0.6 is 38.9 Å². The maximum atomic E-state index is 11.9. The number of rotatable bonds is 3. The molecule has 1 fully saturated rings. The summed E-state index contributed by atoms with van der Waals surface area (Å²) in [5, 5.41) is 3.53. The molecule has 16 heavy (non-hydrogen) atoms. The van der Waals surface area contributed by atoms with Gasteiger partial charge >= 0.3 is 0 Å². The van der Waals surface area contributed by atoms with Gasteiger partial charge in [-0.3, -0.25) is 0 Å². The van der Waals surface area contributed by atoms with Gasteiger partial charge < -0.3 is 5.32 Å². The Morgan fingerprint density at radius 1 is 1.62 bits per heavy atom. The van der Waals surface area contributed by atoms with Crippen LogP contribution in [0.2, 0.25) is 5.02 Å². The summed E-state index contributed by atoms with van der Waals surface area (Å²) in [5.74, 6) is 0. The first-order chi connectivity index (χ1) is 7.49. The van der Waals surface area contributed by atoms with E-state index in [1.165, 1.54) is 6.07 Å². The molecule has 8 heteroatoms. The van der Waals surface area contributed by atoms with E-state index in [1.807, 2.05) is 0 Å². The predicted octanol–water partition coefficient (Wildman–Crippen LogP) is 1.80. The van der Waals surface area contributed by atoms with Crippen LogP contribution < -0.4 is 10.0 Å². The zero-order chi connectivity index (χ0) is 11.8. The molecule has 2 rings (SSSR count). The topological polar surface area (TPSA) is 58.2 Å². The Morgan fingerprint density at radius 3 is 2.88 bits per heavy atom. The molecule has 0 amide bonds. The Bertz CT molecular complexity index is 463. The largest absolute Gasteiger partial charge is 0.315 e. The fraction of sp³-hybridized carbons (Fsp3) is 0.500. The van der Waals surface area contributed by atoms with Crippen molar-refractivity contribution in [3.05, 3.63) is 14.9 Å². The van der Waals surface area contributed by atoms with Gasteiger partial charge in [0.05, 0.1) is 8.81 Å². The van der Waals surface area contributed by atoms with Crippen molar-refractivity contribution >= 4 is 48.9 Å². The first kappa shape index (κ1) is 12.8. The van der Waals surface area contributed by atoms with Gasteiger partial charge in [0.2, 0.25) is 10.0 Å². The van der Waals surface area contributed by atoms with Gasteiger partial charge in [0.25, 0.3) is 0 Å². The Morgan fingerprint density at radius 2 is 2.38 bits per heavy atom. The van der Waals surface area contributed by atoms with Crippen LogP contribution in [0, 0.1) is 0 Å². The van der Waals surface area contributed by atoms with E-state index >= 15 is 0 Å². The number of halogens is 2. The summed E-state index contributed by atoms with van der Waals surface area (Å²) in [6.07, 6.45) is 0.819. The summed E-state index contributed by atoms with van der Waals surface area (Å²) in [6, 6.07) is 1.44. The maximum Gasteiger partial charge on any atom is 0.250 e. The lowest BCUT2D eigenvalue weighted by Crippen LogP contribution is -2.35. The molecule has 2 N–H and O–H groups in total. The van der Waals surface area contributed by atoms with Gasteiger partial charge in [-0.25, -0.2) is 13.1 Å². The Labute approximate surface area is 112 Å². The van der Waals surface area contributed by atoms with Gasteiger partial charge in [0, 0.05) is 12.6 Å². The van der Waals surface area contributed by atoms with Gasteiger partial charge in [0.1, 0.15) is 4.21 Å². The van der Waals surface area contributed by atoms with E-state index in [2.05, 4.69) is 26.0 Å². The minimum Gasteiger partial charge on any atom is -0.315 e. The van der Waals surface area contributed by atoms with Crippen molar-refractivity contribution in [1.29, 1.82) is 0 Å². The Balaban J connectivity index is 2.18. The van der Waals surface area contributed by atoms with Crippen molar-refractivity contribution < 1.29 is 8.42 Å². The quantitative estimate of drug-likeness (QED) is 0.878. The monoisotopic (exact) mass is 344 g/mol. The van der Waals surface area contributed by atoms with E-state index < -0.39 is 10.0 Å². The molecule has 1 aromatic rings. The number of hydrogen-bond acceptors (Lipinski definition) is 4. The lowest BCUT2D eigenvalue weighted by molar-refractivity contribution is 0.562. The fourth-order valence-corrected chi connectivity index (χ4v) is 5.18. The average Bonchev–Trinajstić information content (AvgIpc) is 2.78. The molecule has 1 aliphatic heterocycles. The molecule has 0 aliphatic carbocycles. The zero-order valence-electron chi connectivity index (χ0n) is 8.16. The smallest absolute Gasteiger partial charge is 0.250 e. The van der Waals surface area contributed by atoms with E-state index in [1.54, 1.807) is 0 Å². The van der Waals surface area contributed by atoms with Crippen LogP contribution in [0.4, 0.5) is 0 Å². The van der Waals surface area contributed by atoms with Crippen LogP contribution in [0.3, 0.4) is 0 Å². The van der Waals surface area contributed by atoms with Crippen LogP contribution in [0.1, 0.15) is 6.42 Å². The predicted molar refractivity (Wildman–Crippen MR) is 68.6 cm³/mol. The molecule has 1 aromatic heterocycles. The number of sulfonamides is 1. The van der Waals surface area contributed by atoms with Gasteiger partial charge in [-0.1, -0.05) is 11.6 Å². The summed E-state index contributed by atoms with van der Waals surface area (Å²) < 4.78 is 27.4. The van der Waals surface area contributed by atoms with Gasteiger partial charge in [-0.15, -0.1) is 11.3 Å². The number of thiophene rings is 1. The minimum atomic E-state index is -3.43. The molecule has 1 saturated heterocycles. The van der Waals surface area contributed by atoms with Crippen molar-refractivity contribution in [3.63, 3.8) is 0 Å². The number of nitrogens with one attached hydrogen (secondary N) is 2. The second-order valence-corrected chi connectivity index (χ2v) is 8.22. The Kier molecular flexibility index (Phi) is 3.93. The molecular formula is C8H10BrClN2O2S2. The molecular weight excluding hydrogens is 336 g/mol. The second kappa shape index (κ2) is 4.91. The van der Waals surface area contributed by atoms with Crippen LogP contribution in [0.5, 0.6) is 0 Å². The highest BCUT2D eigenvalue weighted by molar-refractivity contribution is 9.11. The third-order valence-corrected chi connectivity index (χ3v) is 6.74. The molecule has 0 spiro atoms. The van der Waals surface area contributed by atoms with Gasteiger partial charge in [-0.05, 0) is 35.0 Å². The molecule has 2 heterocycles. The molecule has 0 radical (unpaired) electrons. The highest BCUT2D eigenvalue weighted by Crippen LogP contribution is 2.34. The van der Waals surface area contributed by atoms with E-state index in [9.17, 15) is 8.42 Å². The average molecular weight is 346 g/mol.